The maximum atomic E-state index is 12.0. The fourth-order valence-electron chi connectivity index (χ4n) is 6.97. The predicted octanol–water partition coefficient (Wildman–Crippen LogP) is 3.52. The number of hydrogen-bond donors (Lipinski definition) is 2. The van der Waals surface area contributed by atoms with Gasteiger partial charge in [0.05, 0.1) is 42.6 Å². The average molecular weight is 879 g/mol. The zero-order valence-electron chi connectivity index (χ0n) is 32.3. The van der Waals surface area contributed by atoms with Crippen LogP contribution in [0.25, 0.3) is 0 Å². The van der Waals surface area contributed by atoms with Crippen molar-refractivity contribution in [2.24, 2.45) is 0 Å². The van der Waals surface area contributed by atoms with Crippen LogP contribution in [-0.2, 0) is 50.6 Å². The van der Waals surface area contributed by atoms with Gasteiger partial charge in [-0.2, -0.15) is 13.0 Å². The molecule has 14 nitrogen and oxygen atoms in total. The van der Waals surface area contributed by atoms with Crippen molar-refractivity contribution >= 4 is 59.5 Å². The van der Waals surface area contributed by atoms with Gasteiger partial charge in [0.1, 0.15) is 6.54 Å². The van der Waals surface area contributed by atoms with Crippen molar-refractivity contribution in [3.8, 4) is 0 Å². The van der Waals surface area contributed by atoms with Crippen molar-refractivity contribution in [2.45, 2.75) is 87.3 Å². The van der Waals surface area contributed by atoms with Crippen molar-refractivity contribution < 1.29 is 110 Å². The van der Waals surface area contributed by atoms with Gasteiger partial charge in [-0.25, -0.2) is 22.1 Å². The van der Waals surface area contributed by atoms with E-state index in [4.69, 9.17) is 5.26 Å². The minimum Gasteiger partial charge on any atom is -0.748 e. The largest absolute Gasteiger partial charge is 1.00 e. The minimum absolute atomic E-state index is 0. The van der Waals surface area contributed by atoms with Crippen LogP contribution in [-0.4, -0.2) is 79.1 Å². The standard InChI is InChI=1S/C37H48N2O12S4.K/c1-6-27(13-11-15-34-36(2,3)30-25-28(52-51-50-40)17-19-32(30)38(34)21-7-9-23-53(41,42)43)14-12-16-35-37(4,5)31-26-29(55(47,48)49)18-20-33(31)39(35)22-8-10-24-54(44,45)46;/h11-20,25-26H,6-10,21-24H2,1-5H3,(H3-,40,41,42,43,44,45,46,47,48,49);/q;+1/p-1. The SMILES string of the molecule is CCC(C=C/C=C1/N(CCCCS(=O)(=O)[O-])c2ccc(S(=O)(=O)O)cc2C1(C)C)=CC=CC1=[N+](CCCCS(=O)(=O)[O-])c2ccc(SOOO)cc2C1(C)C.[K+]. The molecule has 0 spiro atoms. The van der Waals surface area contributed by atoms with Gasteiger partial charge >= 0.3 is 51.4 Å². The van der Waals surface area contributed by atoms with Gasteiger partial charge in [0.15, 0.2) is 5.71 Å². The first-order chi connectivity index (χ1) is 25.6. The van der Waals surface area contributed by atoms with Gasteiger partial charge in [-0.3, -0.25) is 4.55 Å². The van der Waals surface area contributed by atoms with Gasteiger partial charge < -0.3 is 14.0 Å². The summed E-state index contributed by atoms with van der Waals surface area (Å²) >= 11 is 0.847. The number of fused-ring (bicyclic) bond motifs is 2. The van der Waals surface area contributed by atoms with E-state index in [1.54, 1.807) is 6.07 Å². The van der Waals surface area contributed by atoms with Crippen LogP contribution in [0.4, 0.5) is 11.4 Å². The van der Waals surface area contributed by atoms with Crippen LogP contribution in [0, 0.1) is 0 Å². The molecule has 2 aliphatic rings. The Kier molecular flexibility index (Phi) is 17.6. The Bertz CT molecular complexity index is 2250. The molecule has 4 rings (SSSR count). The molecule has 0 radical (unpaired) electrons. The maximum absolute atomic E-state index is 12.0. The molecule has 0 bridgehead atoms. The molecule has 0 unspecified atom stereocenters. The number of anilines is 1. The first kappa shape index (κ1) is 48.8. The van der Waals surface area contributed by atoms with Crippen molar-refractivity contribution in [1.82, 2.24) is 0 Å². The van der Waals surface area contributed by atoms with E-state index in [1.165, 1.54) is 12.1 Å². The van der Waals surface area contributed by atoms with Gasteiger partial charge in [-0.1, -0.05) is 50.1 Å². The quantitative estimate of drug-likeness (QED) is 0.0302. The molecule has 0 amide bonds. The Labute approximate surface area is 377 Å². The fourth-order valence-corrected chi connectivity index (χ4v) is 8.99. The van der Waals surface area contributed by atoms with E-state index >= 15 is 0 Å². The summed E-state index contributed by atoms with van der Waals surface area (Å²) in [5.74, 6) is -0.934. The molecule has 2 aromatic rings. The van der Waals surface area contributed by atoms with Crippen LogP contribution in [0.2, 0.25) is 0 Å². The Morgan fingerprint density at radius 1 is 0.893 bits per heavy atom. The summed E-state index contributed by atoms with van der Waals surface area (Å²) in [5, 5.41) is 12.4. The average Bonchev–Trinajstić information content (AvgIpc) is 3.43. The number of rotatable bonds is 19. The molecule has 0 saturated heterocycles. The second-order valence-electron chi connectivity index (χ2n) is 14.3. The van der Waals surface area contributed by atoms with E-state index in [0.29, 0.717) is 48.5 Å². The summed E-state index contributed by atoms with van der Waals surface area (Å²) in [7, 11) is -13.2. The number of benzene rings is 2. The van der Waals surface area contributed by atoms with Gasteiger partial charge in [-0.05, 0) is 87.1 Å². The van der Waals surface area contributed by atoms with Crippen LogP contribution in [0.5, 0.6) is 0 Å². The third kappa shape index (κ3) is 12.7. The van der Waals surface area contributed by atoms with E-state index in [0.717, 1.165) is 40.3 Å². The molecule has 0 saturated carbocycles. The fraction of sp³-hybridized carbons (Fsp3) is 0.432. The molecule has 2 aromatic carbocycles. The van der Waals surface area contributed by atoms with Gasteiger partial charge in [0.2, 0.25) is 5.69 Å². The number of hydrogen-bond acceptors (Lipinski definition) is 13. The van der Waals surface area contributed by atoms with Crippen LogP contribution in [0.15, 0.2) is 93.9 Å². The molecule has 19 heteroatoms. The maximum Gasteiger partial charge on any atom is 1.00 e. The molecule has 0 atom stereocenters. The van der Waals surface area contributed by atoms with Crippen LogP contribution >= 0.6 is 12.0 Å². The predicted molar refractivity (Wildman–Crippen MR) is 209 cm³/mol. The molecule has 2 heterocycles. The molecule has 56 heavy (non-hydrogen) atoms. The van der Waals surface area contributed by atoms with Crippen molar-refractivity contribution in [3.05, 3.63) is 95.3 Å². The molecular weight excluding hydrogens is 832 g/mol. The van der Waals surface area contributed by atoms with Crippen molar-refractivity contribution in [2.75, 3.05) is 29.5 Å². The zero-order valence-corrected chi connectivity index (χ0v) is 38.7. The Morgan fingerprint density at radius 3 is 2.16 bits per heavy atom. The summed E-state index contributed by atoms with van der Waals surface area (Å²) in [6.45, 7) is 10.8. The van der Waals surface area contributed by atoms with Crippen LogP contribution < -0.4 is 56.3 Å². The third-order valence-electron chi connectivity index (χ3n) is 9.77. The summed E-state index contributed by atoms with van der Waals surface area (Å²) in [5.41, 5.74) is 4.83. The normalized spacial score (nSPS) is 17.6. The summed E-state index contributed by atoms with van der Waals surface area (Å²) in [4.78, 5) is 2.43. The van der Waals surface area contributed by atoms with Gasteiger partial charge in [0, 0.05) is 63.9 Å². The molecule has 2 aliphatic heterocycles. The molecule has 2 N–H and O–H groups in total. The second kappa shape index (κ2) is 20.1. The second-order valence-corrected chi connectivity index (χ2v) is 19.5. The van der Waals surface area contributed by atoms with E-state index in [-0.39, 0.29) is 69.1 Å². The van der Waals surface area contributed by atoms with E-state index in [9.17, 15) is 38.9 Å². The monoisotopic (exact) mass is 878 g/mol. The van der Waals surface area contributed by atoms with Crippen molar-refractivity contribution in [3.63, 3.8) is 0 Å². The van der Waals surface area contributed by atoms with Crippen molar-refractivity contribution in [1.29, 1.82) is 0 Å². The number of allylic oxidation sites excluding steroid dienone is 8. The third-order valence-corrected chi connectivity index (χ3v) is 12.8. The smallest absolute Gasteiger partial charge is 0.748 e. The Morgan fingerprint density at radius 2 is 1.55 bits per heavy atom. The van der Waals surface area contributed by atoms with Crippen LogP contribution in [0.1, 0.15) is 77.8 Å². The van der Waals surface area contributed by atoms with E-state index in [2.05, 4.69) is 27.8 Å². The van der Waals surface area contributed by atoms with E-state index < -0.39 is 52.7 Å². The summed E-state index contributed by atoms with van der Waals surface area (Å²) in [6, 6.07) is 10.0. The first-order valence-corrected chi connectivity index (χ1v) is 22.9. The number of unbranched alkanes of at least 4 members (excludes halogenated alkanes) is 2. The molecule has 0 fully saturated rings. The summed E-state index contributed by atoms with van der Waals surface area (Å²) in [6.07, 6.45) is 13.6. The first-order valence-electron chi connectivity index (χ1n) is 17.6. The summed E-state index contributed by atoms with van der Waals surface area (Å²) < 4.78 is 108. The van der Waals surface area contributed by atoms with Crippen LogP contribution in [0.3, 0.4) is 0 Å². The Balaban J connectivity index is 0.00000841. The topological polar surface area (TPSA) is 214 Å². The number of nitrogens with zero attached hydrogens (tertiary/aromatic N) is 2. The molecule has 302 valence electrons. The minimum atomic E-state index is -4.46. The van der Waals surface area contributed by atoms with Gasteiger partial charge in [0.25, 0.3) is 10.1 Å². The Hall–Kier alpha value is -1.53. The molecule has 0 aromatic heterocycles. The van der Waals surface area contributed by atoms with Gasteiger partial charge in [-0.15, -0.1) is 4.33 Å². The molecule has 0 aliphatic carbocycles. The zero-order chi connectivity index (χ0) is 40.8. The van der Waals surface area contributed by atoms with E-state index in [1.807, 2.05) is 80.3 Å². The molecular formula is C37H47KN2O12S4.